The Hall–Kier alpha value is -1.82. The van der Waals surface area contributed by atoms with Crippen molar-refractivity contribution in [3.8, 4) is 0 Å². The van der Waals surface area contributed by atoms with Gasteiger partial charge in [0.05, 0.1) is 6.26 Å². The molecule has 0 aromatic carbocycles. The van der Waals surface area contributed by atoms with Crippen molar-refractivity contribution in [3.05, 3.63) is 24.2 Å². The van der Waals surface area contributed by atoms with Gasteiger partial charge in [-0.15, -0.1) is 0 Å². The molecule has 1 aromatic rings. The van der Waals surface area contributed by atoms with Crippen LogP contribution in [-0.2, 0) is 4.79 Å². The number of amides is 2. The fourth-order valence-corrected chi connectivity index (χ4v) is 2.37. The number of hydrogen-bond donors (Lipinski definition) is 2. The van der Waals surface area contributed by atoms with Crippen molar-refractivity contribution >= 4 is 11.8 Å². The van der Waals surface area contributed by atoms with Gasteiger partial charge >= 0.3 is 0 Å². The molecule has 6 nitrogen and oxygen atoms in total. The van der Waals surface area contributed by atoms with E-state index in [-0.39, 0.29) is 30.6 Å². The highest BCUT2D eigenvalue weighted by molar-refractivity contribution is 5.91. The molecule has 0 saturated heterocycles. The first-order chi connectivity index (χ1) is 10.2. The van der Waals surface area contributed by atoms with E-state index in [0.29, 0.717) is 25.6 Å². The summed E-state index contributed by atoms with van der Waals surface area (Å²) >= 11 is 0. The zero-order valence-corrected chi connectivity index (χ0v) is 12.1. The molecule has 0 unspecified atom stereocenters. The number of rotatable bonds is 8. The summed E-state index contributed by atoms with van der Waals surface area (Å²) in [6.07, 6.45) is 5.54. The number of furan rings is 1. The van der Waals surface area contributed by atoms with Crippen LogP contribution in [0.25, 0.3) is 0 Å². The molecule has 0 aliphatic heterocycles. The maximum Gasteiger partial charge on any atom is 0.286 e. The normalized spacial score (nSPS) is 14.5. The van der Waals surface area contributed by atoms with E-state index in [0.717, 1.165) is 19.3 Å². The van der Waals surface area contributed by atoms with Crippen molar-refractivity contribution in [1.29, 1.82) is 0 Å². The highest BCUT2D eigenvalue weighted by Crippen LogP contribution is 2.25. The van der Waals surface area contributed by atoms with E-state index in [2.05, 4.69) is 5.32 Å². The SMILES string of the molecule is O=C(NCCC(=O)N(CCCO)C1CCC1)c1ccco1. The molecule has 0 radical (unpaired) electrons. The van der Waals surface area contributed by atoms with Crippen molar-refractivity contribution in [1.82, 2.24) is 10.2 Å². The van der Waals surface area contributed by atoms with Crippen molar-refractivity contribution in [3.63, 3.8) is 0 Å². The van der Waals surface area contributed by atoms with E-state index >= 15 is 0 Å². The highest BCUT2D eigenvalue weighted by atomic mass is 16.3. The molecule has 1 heterocycles. The maximum absolute atomic E-state index is 12.2. The van der Waals surface area contributed by atoms with Crippen LogP contribution in [0.1, 0.15) is 42.7 Å². The van der Waals surface area contributed by atoms with Gasteiger partial charge in [0.15, 0.2) is 5.76 Å². The fourth-order valence-electron chi connectivity index (χ4n) is 2.37. The molecule has 1 saturated carbocycles. The second kappa shape index (κ2) is 7.83. The third-order valence-electron chi connectivity index (χ3n) is 3.76. The van der Waals surface area contributed by atoms with Crippen molar-refractivity contribution in [2.45, 2.75) is 38.1 Å². The Kier molecular flexibility index (Phi) is 5.80. The largest absolute Gasteiger partial charge is 0.459 e. The predicted molar refractivity (Wildman–Crippen MR) is 76.7 cm³/mol. The van der Waals surface area contributed by atoms with Gasteiger partial charge in [-0.3, -0.25) is 9.59 Å². The summed E-state index contributed by atoms with van der Waals surface area (Å²) in [6.45, 7) is 0.971. The summed E-state index contributed by atoms with van der Waals surface area (Å²) in [6, 6.07) is 3.54. The van der Waals surface area contributed by atoms with E-state index < -0.39 is 0 Å². The van der Waals surface area contributed by atoms with Crippen LogP contribution >= 0.6 is 0 Å². The molecule has 2 N–H and O–H groups in total. The summed E-state index contributed by atoms with van der Waals surface area (Å²) in [4.78, 5) is 25.7. The van der Waals surface area contributed by atoms with Crippen LogP contribution in [0.3, 0.4) is 0 Å². The second-order valence-corrected chi connectivity index (χ2v) is 5.23. The summed E-state index contributed by atoms with van der Waals surface area (Å²) in [5.41, 5.74) is 0. The average molecular weight is 294 g/mol. The average Bonchev–Trinajstić information content (AvgIpc) is 2.95. The molecule has 1 aliphatic rings. The lowest BCUT2D eigenvalue weighted by Gasteiger charge is -2.37. The van der Waals surface area contributed by atoms with Gasteiger partial charge in [-0.05, 0) is 37.8 Å². The molecule has 0 bridgehead atoms. The van der Waals surface area contributed by atoms with Gasteiger partial charge in [0.2, 0.25) is 5.91 Å². The molecular formula is C15H22N2O4. The van der Waals surface area contributed by atoms with Crippen molar-refractivity contribution in [2.24, 2.45) is 0 Å². The van der Waals surface area contributed by atoms with Gasteiger partial charge < -0.3 is 19.7 Å². The number of nitrogens with zero attached hydrogens (tertiary/aromatic N) is 1. The van der Waals surface area contributed by atoms with E-state index in [1.54, 1.807) is 12.1 Å². The first kappa shape index (κ1) is 15.6. The molecule has 1 aromatic heterocycles. The second-order valence-electron chi connectivity index (χ2n) is 5.23. The Morgan fingerprint density at radius 3 is 2.81 bits per heavy atom. The number of carbonyl (C=O) groups excluding carboxylic acids is 2. The van der Waals surface area contributed by atoms with Crippen LogP contribution in [0.15, 0.2) is 22.8 Å². The van der Waals surface area contributed by atoms with E-state index in [9.17, 15) is 9.59 Å². The molecule has 0 spiro atoms. The summed E-state index contributed by atoms with van der Waals surface area (Å²) < 4.78 is 4.98. The summed E-state index contributed by atoms with van der Waals surface area (Å²) in [5, 5.41) is 11.6. The number of nitrogens with one attached hydrogen (secondary N) is 1. The smallest absolute Gasteiger partial charge is 0.286 e. The topological polar surface area (TPSA) is 82.8 Å². The summed E-state index contributed by atoms with van der Waals surface area (Å²) in [7, 11) is 0. The first-order valence-electron chi connectivity index (χ1n) is 7.44. The molecule has 6 heteroatoms. The fraction of sp³-hybridized carbons (Fsp3) is 0.600. The van der Waals surface area contributed by atoms with Crippen molar-refractivity contribution < 1.29 is 19.1 Å². The molecule has 1 aliphatic carbocycles. The molecule has 21 heavy (non-hydrogen) atoms. The molecule has 2 rings (SSSR count). The number of carbonyl (C=O) groups is 2. The first-order valence-corrected chi connectivity index (χ1v) is 7.44. The molecule has 0 atom stereocenters. The monoisotopic (exact) mass is 294 g/mol. The zero-order valence-electron chi connectivity index (χ0n) is 12.1. The van der Waals surface area contributed by atoms with E-state index in [1.807, 2.05) is 4.90 Å². The van der Waals surface area contributed by atoms with Crippen LogP contribution in [-0.4, -0.2) is 47.6 Å². The zero-order chi connectivity index (χ0) is 15.1. The van der Waals surface area contributed by atoms with E-state index in [1.165, 1.54) is 6.26 Å². The lowest BCUT2D eigenvalue weighted by atomic mass is 9.91. The highest BCUT2D eigenvalue weighted by Gasteiger charge is 2.27. The lowest BCUT2D eigenvalue weighted by Crippen LogP contribution is -2.45. The van der Waals surface area contributed by atoms with Crippen LogP contribution in [0, 0.1) is 0 Å². The predicted octanol–water partition coefficient (Wildman–Crippen LogP) is 1.16. The third kappa shape index (κ3) is 4.32. The van der Waals surface area contributed by atoms with Crippen LogP contribution < -0.4 is 5.32 Å². The summed E-state index contributed by atoms with van der Waals surface area (Å²) in [5.74, 6) is -0.0233. The Morgan fingerprint density at radius 1 is 1.43 bits per heavy atom. The molecule has 1 fully saturated rings. The molecule has 116 valence electrons. The van der Waals surface area contributed by atoms with Crippen LogP contribution in [0.5, 0.6) is 0 Å². The minimum atomic E-state index is -0.307. The van der Waals surface area contributed by atoms with Gasteiger partial charge in [0.25, 0.3) is 5.91 Å². The number of aliphatic hydroxyl groups excluding tert-OH is 1. The quantitative estimate of drug-likeness (QED) is 0.754. The Balaban J connectivity index is 1.74. The Morgan fingerprint density at radius 2 is 2.24 bits per heavy atom. The van der Waals surface area contributed by atoms with Crippen LogP contribution in [0.2, 0.25) is 0 Å². The van der Waals surface area contributed by atoms with Gasteiger partial charge in [-0.2, -0.15) is 0 Å². The lowest BCUT2D eigenvalue weighted by molar-refractivity contribution is -0.135. The Labute approximate surface area is 124 Å². The number of hydrogen-bond acceptors (Lipinski definition) is 4. The van der Waals surface area contributed by atoms with Gasteiger partial charge in [0.1, 0.15) is 0 Å². The third-order valence-corrected chi connectivity index (χ3v) is 3.76. The number of aliphatic hydroxyl groups is 1. The van der Waals surface area contributed by atoms with Gasteiger partial charge in [0, 0.05) is 32.2 Å². The molecular weight excluding hydrogens is 272 g/mol. The van der Waals surface area contributed by atoms with Crippen molar-refractivity contribution in [2.75, 3.05) is 19.7 Å². The van der Waals surface area contributed by atoms with Gasteiger partial charge in [-0.25, -0.2) is 0 Å². The molecule has 2 amide bonds. The Bertz CT molecular complexity index is 454. The minimum absolute atomic E-state index is 0.0351. The maximum atomic E-state index is 12.2. The van der Waals surface area contributed by atoms with E-state index in [4.69, 9.17) is 9.52 Å². The van der Waals surface area contributed by atoms with Gasteiger partial charge in [-0.1, -0.05) is 0 Å². The van der Waals surface area contributed by atoms with Crippen LogP contribution in [0.4, 0.5) is 0 Å². The minimum Gasteiger partial charge on any atom is -0.459 e. The standard InChI is InChI=1S/C15H22N2O4/c18-10-3-9-17(12-4-1-5-12)14(19)7-8-16-15(20)13-6-2-11-21-13/h2,6,11-12,18H,1,3-5,7-10H2,(H,16,20).